The number of carbonyl (C=O) groups is 2. The number of nitrogens with one attached hydrogen (secondary N) is 1. The minimum absolute atomic E-state index is 0.0441. The smallest absolute Gasteiger partial charge is 0.244 e. The fourth-order valence-electron chi connectivity index (χ4n) is 4.00. The van der Waals surface area contributed by atoms with E-state index in [-0.39, 0.29) is 30.6 Å². The fraction of sp³-hybridized carbons (Fsp3) is 0.310. The molecular weight excluding hydrogens is 541 g/mol. The third-order valence-corrected chi connectivity index (χ3v) is 7.72. The number of anilines is 1. The molecule has 0 fully saturated rings. The highest BCUT2D eigenvalue weighted by Crippen LogP contribution is 2.21. The second-order valence-electron chi connectivity index (χ2n) is 9.42. The summed E-state index contributed by atoms with van der Waals surface area (Å²) in [5, 5.41) is 3.49. The lowest BCUT2D eigenvalue weighted by Crippen LogP contribution is -2.54. The van der Waals surface area contributed by atoms with Gasteiger partial charge in [-0.3, -0.25) is 13.9 Å². The number of rotatable bonds is 12. The van der Waals surface area contributed by atoms with Crippen LogP contribution >= 0.6 is 11.6 Å². The Kier molecular flexibility index (Phi) is 10.5. The maximum atomic E-state index is 13.9. The Labute approximate surface area is 234 Å². The lowest BCUT2D eigenvalue weighted by atomic mass is 10.0. The summed E-state index contributed by atoms with van der Waals surface area (Å²) in [5.74, 6) is -1.46. The average Bonchev–Trinajstić information content (AvgIpc) is 2.90. The Bertz CT molecular complexity index is 1350. The molecule has 0 spiro atoms. The minimum Gasteiger partial charge on any atom is -0.352 e. The summed E-state index contributed by atoms with van der Waals surface area (Å²) in [6.07, 6.45) is 1.89. The van der Waals surface area contributed by atoms with Crippen LogP contribution < -0.4 is 9.62 Å². The molecule has 10 heteroatoms. The molecule has 208 valence electrons. The van der Waals surface area contributed by atoms with E-state index in [0.29, 0.717) is 11.4 Å². The van der Waals surface area contributed by atoms with Crippen LogP contribution in [0.5, 0.6) is 0 Å². The standard InChI is InChI=1S/C29H33ClFN3O4S/c1-4-21(2)32-29(36)27(18-22-8-6-5-7-9-22)33(19-23-10-12-24(30)13-11-23)28(35)20-34(39(3,37)38)26-16-14-25(31)15-17-26/h5-17,21,27H,4,18-20H2,1-3H3,(H,32,36)/t21-,27-/m1/s1. The molecule has 2 amide bonds. The molecule has 39 heavy (non-hydrogen) atoms. The molecule has 3 rings (SSSR count). The van der Waals surface area contributed by atoms with Gasteiger partial charge >= 0.3 is 0 Å². The molecule has 0 aromatic heterocycles. The summed E-state index contributed by atoms with van der Waals surface area (Å²) in [6.45, 7) is 3.30. The van der Waals surface area contributed by atoms with E-state index in [1.165, 1.54) is 17.0 Å². The summed E-state index contributed by atoms with van der Waals surface area (Å²) in [7, 11) is -3.92. The first-order valence-electron chi connectivity index (χ1n) is 12.6. The van der Waals surface area contributed by atoms with E-state index in [0.717, 1.165) is 33.8 Å². The summed E-state index contributed by atoms with van der Waals surface area (Å²) >= 11 is 6.06. The van der Waals surface area contributed by atoms with Gasteiger partial charge in [-0.15, -0.1) is 0 Å². The fourth-order valence-corrected chi connectivity index (χ4v) is 4.98. The van der Waals surface area contributed by atoms with Gasteiger partial charge in [-0.25, -0.2) is 12.8 Å². The Morgan fingerprint density at radius 2 is 1.56 bits per heavy atom. The zero-order valence-electron chi connectivity index (χ0n) is 22.2. The van der Waals surface area contributed by atoms with Crippen LogP contribution in [0, 0.1) is 5.82 Å². The van der Waals surface area contributed by atoms with Crippen LogP contribution in [-0.2, 0) is 32.6 Å². The van der Waals surface area contributed by atoms with Crippen LogP contribution in [-0.4, -0.2) is 50.0 Å². The molecule has 0 heterocycles. The molecular formula is C29H33ClFN3O4S. The number of nitrogens with zero attached hydrogens (tertiary/aromatic N) is 2. The SMILES string of the molecule is CC[C@@H](C)NC(=O)[C@@H](Cc1ccccc1)N(Cc1ccc(Cl)cc1)C(=O)CN(c1ccc(F)cc1)S(C)(=O)=O. The lowest BCUT2D eigenvalue weighted by molar-refractivity contribution is -0.140. The number of hydrogen-bond donors (Lipinski definition) is 1. The zero-order valence-corrected chi connectivity index (χ0v) is 23.8. The van der Waals surface area contributed by atoms with Gasteiger partial charge in [0.15, 0.2) is 0 Å². The molecule has 0 saturated carbocycles. The van der Waals surface area contributed by atoms with Crippen LogP contribution in [0.1, 0.15) is 31.4 Å². The first kappa shape index (κ1) is 30.1. The predicted octanol–water partition coefficient (Wildman–Crippen LogP) is 4.80. The molecule has 0 aliphatic rings. The largest absolute Gasteiger partial charge is 0.352 e. The molecule has 0 unspecified atom stereocenters. The van der Waals surface area contributed by atoms with Crippen molar-refractivity contribution in [2.45, 2.75) is 45.3 Å². The Balaban J connectivity index is 2.04. The number of benzene rings is 3. The van der Waals surface area contributed by atoms with Gasteiger partial charge < -0.3 is 10.2 Å². The average molecular weight is 574 g/mol. The normalized spacial score (nSPS) is 12.8. The third kappa shape index (κ3) is 8.80. The van der Waals surface area contributed by atoms with Gasteiger partial charge in [0, 0.05) is 24.0 Å². The number of sulfonamides is 1. The van der Waals surface area contributed by atoms with Crippen molar-refractivity contribution in [3.05, 3.63) is 101 Å². The quantitative estimate of drug-likeness (QED) is 0.337. The van der Waals surface area contributed by atoms with Crippen LogP contribution in [0.4, 0.5) is 10.1 Å². The van der Waals surface area contributed by atoms with E-state index in [2.05, 4.69) is 5.32 Å². The molecule has 0 bridgehead atoms. The van der Waals surface area contributed by atoms with Crippen LogP contribution in [0.2, 0.25) is 5.02 Å². The minimum atomic E-state index is -3.92. The molecule has 0 saturated heterocycles. The van der Waals surface area contributed by atoms with Crippen molar-refractivity contribution in [2.24, 2.45) is 0 Å². The predicted molar refractivity (Wildman–Crippen MR) is 152 cm³/mol. The summed E-state index contributed by atoms with van der Waals surface area (Å²) < 4.78 is 39.9. The van der Waals surface area contributed by atoms with Crippen LogP contribution in [0.15, 0.2) is 78.9 Å². The number of hydrogen-bond acceptors (Lipinski definition) is 4. The first-order valence-corrected chi connectivity index (χ1v) is 14.8. The lowest BCUT2D eigenvalue weighted by Gasteiger charge is -2.34. The van der Waals surface area contributed by atoms with Gasteiger partial charge in [-0.2, -0.15) is 0 Å². The van der Waals surface area contributed by atoms with Crippen molar-refractivity contribution in [3.8, 4) is 0 Å². The van der Waals surface area contributed by atoms with E-state index in [4.69, 9.17) is 11.6 Å². The Morgan fingerprint density at radius 1 is 0.949 bits per heavy atom. The van der Waals surface area contributed by atoms with Crippen molar-refractivity contribution in [2.75, 3.05) is 17.1 Å². The monoisotopic (exact) mass is 573 g/mol. The third-order valence-electron chi connectivity index (χ3n) is 6.33. The van der Waals surface area contributed by atoms with Crippen molar-refractivity contribution < 1.29 is 22.4 Å². The van der Waals surface area contributed by atoms with Gasteiger partial charge in [0.1, 0.15) is 18.4 Å². The van der Waals surface area contributed by atoms with Gasteiger partial charge in [0.25, 0.3) is 0 Å². The van der Waals surface area contributed by atoms with Gasteiger partial charge in [-0.05, 0) is 60.9 Å². The molecule has 7 nitrogen and oxygen atoms in total. The van der Waals surface area contributed by atoms with Crippen LogP contribution in [0.3, 0.4) is 0 Å². The molecule has 3 aromatic rings. The van der Waals surface area contributed by atoms with Crippen molar-refractivity contribution in [1.82, 2.24) is 10.2 Å². The highest BCUT2D eigenvalue weighted by atomic mass is 35.5. The second kappa shape index (κ2) is 13.6. The highest BCUT2D eigenvalue weighted by molar-refractivity contribution is 7.92. The summed E-state index contributed by atoms with van der Waals surface area (Å²) in [5.41, 5.74) is 1.70. The van der Waals surface area contributed by atoms with E-state index in [1.54, 1.807) is 24.3 Å². The van der Waals surface area contributed by atoms with Gasteiger partial charge in [0.05, 0.1) is 11.9 Å². The van der Waals surface area contributed by atoms with E-state index in [1.807, 2.05) is 44.2 Å². The Hall–Kier alpha value is -3.43. The first-order chi connectivity index (χ1) is 18.5. The summed E-state index contributed by atoms with van der Waals surface area (Å²) in [6, 6.07) is 20.0. The van der Waals surface area contributed by atoms with Crippen molar-refractivity contribution >= 4 is 39.1 Å². The van der Waals surface area contributed by atoms with Gasteiger partial charge in [0.2, 0.25) is 21.8 Å². The maximum Gasteiger partial charge on any atom is 0.244 e. The van der Waals surface area contributed by atoms with Crippen LogP contribution in [0.25, 0.3) is 0 Å². The number of amides is 2. The van der Waals surface area contributed by atoms with Crippen molar-refractivity contribution in [1.29, 1.82) is 0 Å². The molecule has 2 atom stereocenters. The van der Waals surface area contributed by atoms with E-state index in [9.17, 15) is 22.4 Å². The van der Waals surface area contributed by atoms with Crippen molar-refractivity contribution in [3.63, 3.8) is 0 Å². The summed E-state index contributed by atoms with van der Waals surface area (Å²) in [4.78, 5) is 28.9. The molecule has 0 aliphatic heterocycles. The highest BCUT2D eigenvalue weighted by Gasteiger charge is 2.33. The maximum absolute atomic E-state index is 13.9. The molecule has 3 aromatic carbocycles. The van der Waals surface area contributed by atoms with E-state index < -0.39 is 34.3 Å². The molecule has 0 aliphatic carbocycles. The second-order valence-corrected chi connectivity index (χ2v) is 11.8. The Morgan fingerprint density at radius 3 is 2.13 bits per heavy atom. The molecule has 0 radical (unpaired) electrons. The number of carbonyl (C=O) groups excluding carboxylic acids is 2. The van der Waals surface area contributed by atoms with E-state index >= 15 is 0 Å². The molecule has 1 N–H and O–H groups in total. The van der Waals surface area contributed by atoms with Gasteiger partial charge in [-0.1, -0.05) is 61.0 Å². The number of halogens is 2. The zero-order chi connectivity index (χ0) is 28.6. The topological polar surface area (TPSA) is 86.8 Å².